The summed E-state index contributed by atoms with van der Waals surface area (Å²) in [7, 11) is 0. The molecule has 0 saturated heterocycles. The lowest BCUT2D eigenvalue weighted by molar-refractivity contribution is -0.140. The predicted molar refractivity (Wildman–Crippen MR) is 64.9 cm³/mol. The normalized spacial score (nSPS) is 11.2. The van der Waals surface area contributed by atoms with Gasteiger partial charge in [-0.1, -0.05) is 6.92 Å². The number of anilines is 1. The van der Waals surface area contributed by atoms with Crippen LogP contribution in [0, 0.1) is 23.1 Å². The first-order valence-corrected chi connectivity index (χ1v) is 5.41. The van der Waals surface area contributed by atoms with Crippen LogP contribution in [-0.4, -0.2) is 23.7 Å². The van der Waals surface area contributed by atoms with Gasteiger partial charge in [-0.3, -0.25) is 4.79 Å². The molecule has 0 spiro atoms. The van der Waals surface area contributed by atoms with E-state index in [9.17, 15) is 14.0 Å². The van der Waals surface area contributed by atoms with Gasteiger partial charge in [0.1, 0.15) is 11.9 Å². The molecule has 0 radical (unpaired) electrons. The number of benzene rings is 1. The molecular weight excluding hydrogens is 253 g/mol. The third-order valence-corrected chi connectivity index (χ3v) is 2.34. The summed E-state index contributed by atoms with van der Waals surface area (Å²) in [6.45, 7) is 1.42. The molecular formula is C12H12FN3O3. The lowest BCUT2D eigenvalue weighted by atomic mass is 10.2. The number of hydrogen-bond acceptors (Lipinski definition) is 3. The van der Waals surface area contributed by atoms with Gasteiger partial charge in [0.25, 0.3) is 0 Å². The van der Waals surface area contributed by atoms with Crippen molar-refractivity contribution in [3.8, 4) is 6.07 Å². The summed E-state index contributed by atoms with van der Waals surface area (Å²) < 4.78 is 13.0. The molecule has 1 aromatic carbocycles. The molecule has 2 amide bonds. The van der Waals surface area contributed by atoms with Gasteiger partial charge in [0.2, 0.25) is 0 Å². The minimum absolute atomic E-state index is 0.0343. The van der Waals surface area contributed by atoms with Crippen LogP contribution in [0.15, 0.2) is 18.2 Å². The van der Waals surface area contributed by atoms with E-state index in [1.807, 2.05) is 0 Å². The highest BCUT2D eigenvalue weighted by Crippen LogP contribution is 2.13. The van der Waals surface area contributed by atoms with Crippen molar-refractivity contribution in [2.75, 3.05) is 11.9 Å². The molecule has 0 aliphatic rings. The summed E-state index contributed by atoms with van der Waals surface area (Å²) in [6, 6.07) is 4.58. The Labute approximate surface area is 108 Å². The smallest absolute Gasteiger partial charge is 0.319 e. The standard InChI is InChI=1S/C12H12FN3O3/c1-7(11(17)18)6-15-12(19)16-9-2-3-10(13)8(4-9)5-14/h2-4,7H,6H2,1H3,(H,17,18)(H2,15,16,19). The number of carboxylic acid groups (broad SMARTS) is 1. The second-order valence-corrected chi connectivity index (χ2v) is 3.88. The highest BCUT2D eigenvalue weighted by molar-refractivity contribution is 5.89. The molecule has 0 saturated carbocycles. The molecule has 1 unspecified atom stereocenters. The molecule has 0 fully saturated rings. The first-order valence-electron chi connectivity index (χ1n) is 5.41. The van der Waals surface area contributed by atoms with Gasteiger partial charge >= 0.3 is 12.0 Å². The number of halogens is 1. The molecule has 100 valence electrons. The minimum atomic E-state index is -1.02. The van der Waals surface area contributed by atoms with E-state index in [4.69, 9.17) is 10.4 Å². The van der Waals surface area contributed by atoms with E-state index in [2.05, 4.69) is 10.6 Å². The number of carboxylic acids is 1. The first-order chi connectivity index (χ1) is 8.93. The lowest BCUT2D eigenvalue weighted by Gasteiger charge is -2.10. The van der Waals surface area contributed by atoms with Gasteiger partial charge in [0.05, 0.1) is 11.5 Å². The molecule has 0 heterocycles. The van der Waals surface area contributed by atoms with E-state index >= 15 is 0 Å². The van der Waals surface area contributed by atoms with Gasteiger partial charge in [0.15, 0.2) is 0 Å². The van der Waals surface area contributed by atoms with Gasteiger partial charge in [-0.2, -0.15) is 5.26 Å². The molecule has 6 nitrogen and oxygen atoms in total. The molecule has 3 N–H and O–H groups in total. The fraction of sp³-hybridized carbons (Fsp3) is 0.250. The Morgan fingerprint density at radius 2 is 2.21 bits per heavy atom. The van der Waals surface area contributed by atoms with Crippen LogP contribution in [0.4, 0.5) is 14.9 Å². The van der Waals surface area contributed by atoms with Gasteiger partial charge in [-0.15, -0.1) is 0 Å². The van der Waals surface area contributed by atoms with Crippen LogP contribution in [0.1, 0.15) is 12.5 Å². The van der Waals surface area contributed by atoms with Gasteiger partial charge < -0.3 is 15.7 Å². The summed E-state index contributed by atoms with van der Waals surface area (Å²) in [5, 5.41) is 22.0. The average molecular weight is 265 g/mol. The number of hydrogen-bond donors (Lipinski definition) is 3. The van der Waals surface area contributed by atoms with Crippen LogP contribution in [0.25, 0.3) is 0 Å². The number of aliphatic carboxylic acids is 1. The molecule has 1 rings (SSSR count). The van der Waals surface area contributed by atoms with E-state index in [0.717, 1.165) is 6.07 Å². The van der Waals surface area contributed by atoms with Gasteiger partial charge in [0, 0.05) is 12.2 Å². The monoisotopic (exact) mass is 265 g/mol. The van der Waals surface area contributed by atoms with Gasteiger partial charge in [-0.05, 0) is 18.2 Å². The second-order valence-electron chi connectivity index (χ2n) is 3.88. The zero-order valence-electron chi connectivity index (χ0n) is 10.1. The van der Waals surface area contributed by atoms with Crippen LogP contribution in [0.2, 0.25) is 0 Å². The van der Waals surface area contributed by atoms with Crippen LogP contribution in [0.3, 0.4) is 0 Å². The van der Waals surface area contributed by atoms with E-state index in [1.165, 1.54) is 19.1 Å². The van der Waals surface area contributed by atoms with E-state index in [0.29, 0.717) is 0 Å². The Bertz CT molecular complexity index is 540. The quantitative estimate of drug-likeness (QED) is 0.768. The van der Waals surface area contributed by atoms with Crippen molar-refractivity contribution in [3.63, 3.8) is 0 Å². The summed E-state index contributed by atoms with van der Waals surface area (Å²) in [5.74, 6) is -2.41. The molecule has 0 aliphatic carbocycles. The van der Waals surface area contributed by atoms with E-state index < -0.39 is 23.7 Å². The van der Waals surface area contributed by atoms with Crippen molar-refractivity contribution in [1.82, 2.24) is 5.32 Å². The fourth-order valence-electron chi connectivity index (χ4n) is 1.20. The molecule has 0 aliphatic heterocycles. The number of nitrogens with zero attached hydrogens (tertiary/aromatic N) is 1. The zero-order chi connectivity index (χ0) is 14.4. The number of amides is 2. The van der Waals surface area contributed by atoms with Crippen molar-refractivity contribution in [2.45, 2.75) is 6.92 Å². The number of carbonyl (C=O) groups excluding carboxylic acids is 1. The Kier molecular flexibility index (Phi) is 4.83. The van der Waals surface area contributed by atoms with Gasteiger partial charge in [-0.25, -0.2) is 9.18 Å². The summed E-state index contributed by atoms with van der Waals surface area (Å²) in [5.41, 5.74) is 0.0649. The molecule has 7 heteroatoms. The SMILES string of the molecule is CC(CNC(=O)Nc1ccc(F)c(C#N)c1)C(=O)O. The number of rotatable bonds is 4. The lowest BCUT2D eigenvalue weighted by Crippen LogP contribution is -2.34. The Morgan fingerprint density at radius 3 is 2.79 bits per heavy atom. The summed E-state index contributed by atoms with van der Waals surface area (Å²) in [4.78, 5) is 22.0. The van der Waals surface area contributed by atoms with E-state index in [1.54, 1.807) is 6.07 Å². The second kappa shape index (κ2) is 6.35. The third kappa shape index (κ3) is 4.27. The van der Waals surface area contributed by atoms with Crippen molar-refractivity contribution >= 4 is 17.7 Å². The topological polar surface area (TPSA) is 102 Å². The number of nitriles is 1. The Hall–Kier alpha value is -2.62. The molecule has 1 aromatic rings. The highest BCUT2D eigenvalue weighted by atomic mass is 19.1. The van der Waals surface area contributed by atoms with Crippen LogP contribution in [0.5, 0.6) is 0 Å². The molecule has 0 aromatic heterocycles. The molecule has 0 bridgehead atoms. The maximum Gasteiger partial charge on any atom is 0.319 e. The fourth-order valence-corrected chi connectivity index (χ4v) is 1.20. The first kappa shape index (κ1) is 14.4. The van der Waals surface area contributed by atoms with Crippen LogP contribution >= 0.6 is 0 Å². The van der Waals surface area contributed by atoms with Crippen molar-refractivity contribution in [1.29, 1.82) is 5.26 Å². The van der Waals surface area contributed by atoms with Crippen LogP contribution in [-0.2, 0) is 4.79 Å². The molecule has 19 heavy (non-hydrogen) atoms. The maximum atomic E-state index is 13.0. The van der Waals surface area contributed by atoms with Crippen molar-refractivity contribution in [3.05, 3.63) is 29.6 Å². The predicted octanol–water partition coefficient (Wildman–Crippen LogP) is 1.54. The average Bonchev–Trinajstić information content (AvgIpc) is 2.38. The number of carbonyl (C=O) groups is 2. The zero-order valence-corrected chi connectivity index (χ0v) is 10.1. The largest absolute Gasteiger partial charge is 0.481 e. The minimum Gasteiger partial charge on any atom is -0.481 e. The summed E-state index contributed by atoms with van der Waals surface area (Å²) >= 11 is 0. The number of urea groups is 1. The summed E-state index contributed by atoms with van der Waals surface area (Å²) in [6.07, 6.45) is 0. The van der Waals surface area contributed by atoms with E-state index in [-0.39, 0.29) is 17.8 Å². The van der Waals surface area contributed by atoms with Crippen molar-refractivity contribution in [2.24, 2.45) is 5.92 Å². The Morgan fingerprint density at radius 1 is 1.53 bits per heavy atom. The number of nitrogens with one attached hydrogen (secondary N) is 2. The third-order valence-electron chi connectivity index (χ3n) is 2.34. The maximum absolute atomic E-state index is 13.0. The van der Waals surface area contributed by atoms with Crippen LogP contribution < -0.4 is 10.6 Å². The van der Waals surface area contributed by atoms with Crippen molar-refractivity contribution < 1.29 is 19.1 Å². The Balaban J connectivity index is 2.58. The highest BCUT2D eigenvalue weighted by Gasteiger charge is 2.12. The molecule has 1 atom stereocenters.